The maximum atomic E-state index is 11.8. The third kappa shape index (κ3) is 30.3. The minimum Gasteiger partial charge on any atom is -0.480 e. The summed E-state index contributed by atoms with van der Waals surface area (Å²) in [4.78, 5) is 22.0. The number of unbranched alkanes of at least 4 members (excludes halogenated alkanes) is 14. The first-order valence-electron chi connectivity index (χ1n) is 15.1. The van der Waals surface area contributed by atoms with Gasteiger partial charge >= 0.3 is 5.97 Å². The number of carboxylic acid groups (broad SMARTS) is 1. The molecule has 0 bridgehead atoms. The van der Waals surface area contributed by atoms with Gasteiger partial charge in [0.1, 0.15) is 6.04 Å². The molecular weight excluding hydrogens is 482 g/mol. The number of hydrogen-bond donors (Lipinski definition) is 8. The van der Waals surface area contributed by atoms with Crippen molar-refractivity contribution >= 4 is 17.8 Å². The molecule has 2 atom stereocenters. The van der Waals surface area contributed by atoms with Gasteiger partial charge in [-0.25, -0.2) is 0 Å². The maximum absolute atomic E-state index is 11.8. The summed E-state index contributed by atoms with van der Waals surface area (Å²) in [6.45, 7) is 4.20. The second kappa shape index (κ2) is 29.6. The maximum Gasteiger partial charge on any atom is 0.320 e. The standard InChI is InChI=1S/C22H47N3O.C6H14N4O2/c1-2-3-4-5-6-7-8-9-10-11-12-13-14-17-20-25-22(26)21(24)18-15-16-19-23;7-4(5(11)12)2-1-3-10-6(8)9/h21H,2-20,23-24H2,1H3,(H,25,26);4H,1-3,7H2,(H,11,12)(H4,8,9,10)/t21-;/m0./s1. The molecule has 0 rings (SSSR count). The van der Waals surface area contributed by atoms with E-state index in [-0.39, 0.29) is 17.9 Å². The summed E-state index contributed by atoms with van der Waals surface area (Å²) in [6.07, 6.45) is 22.6. The van der Waals surface area contributed by atoms with Crippen LogP contribution in [-0.4, -0.2) is 54.7 Å². The highest BCUT2D eigenvalue weighted by Crippen LogP contribution is 2.12. The molecule has 0 aromatic rings. The van der Waals surface area contributed by atoms with Gasteiger partial charge in [-0.1, -0.05) is 96.8 Å². The van der Waals surface area contributed by atoms with E-state index in [9.17, 15) is 9.59 Å². The predicted molar refractivity (Wildman–Crippen MR) is 159 cm³/mol. The van der Waals surface area contributed by atoms with Gasteiger partial charge in [-0.3, -0.25) is 15.0 Å². The Morgan fingerprint density at radius 3 is 1.58 bits per heavy atom. The number of carboxylic acids is 1. The van der Waals surface area contributed by atoms with E-state index < -0.39 is 12.0 Å². The lowest BCUT2D eigenvalue weighted by Crippen LogP contribution is -2.40. The molecule has 0 fully saturated rings. The summed E-state index contributed by atoms with van der Waals surface area (Å²) < 4.78 is 0. The molecule has 226 valence electrons. The van der Waals surface area contributed by atoms with Crippen LogP contribution >= 0.6 is 0 Å². The Morgan fingerprint density at radius 1 is 0.684 bits per heavy atom. The third-order valence-corrected chi connectivity index (χ3v) is 6.46. The summed E-state index contributed by atoms with van der Waals surface area (Å²) in [5.74, 6) is -1.12. The SMILES string of the molecule is CCCCCCCCCCCCCCCCNC(=O)[C@@H](N)CCCCN.N=C(N)NCCCC(N)C(=O)O. The summed E-state index contributed by atoms with van der Waals surface area (Å²) in [6, 6.07) is -1.19. The Kier molecular flexibility index (Phi) is 29.8. The van der Waals surface area contributed by atoms with Crippen molar-refractivity contribution in [2.45, 2.75) is 141 Å². The Bertz CT molecular complexity index is 565. The molecule has 0 spiro atoms. The molecule has 0 radical (unpaired) electrons. The van der Waals surface area contributed by atoms with Gasteiger partial charge in [0.05, 0.1) is 6.04 Å². The number of nitrogens with one attached hydrogen (secondary N) is 3. The molecule has 10 heteroatoms. The normalized spacial score (nSPS) is 12.2. The van der Waals surface area contributed by atoms with Gasteiger partial charge in [0.25, 0.3) is 0 Å². The van der Waals surface area contributed by atoms with E-state index in [0.29, 0.717) is 25.9 Å². The fourth-order valence-corrected chi connectivity index (χ4v) is 3.97. The Labute approximate surface area is 232 Å². The fraction of sp³-hybridized carbons (Fsp3) is 0.893. The number of carbonyl (C=O) groups excluding carboxylic acids is 1. The first-order chi connectivity index (χ1) is 18.3. The van der Waals surface area contributed by atoms with Crippen LogP contribution in [0.5, 0.6) is 0 Å². The van der Waals surface area contributed by atoms with Crippen molar-refractivity contribution in [3.63, 3.8) is 0 Å². The summed E-state index contributed by atoms with van der Waals surface area (Å²) in [7, 11) is 0. The molecule has 38 heavy (non-hydrogen) atoms. The topological polar surface area (TPSA) is 206 Å². The number of carbonyl (C=O) groups is 2. The second-order valence-electron chi connectivity index (χ2n) is 10.2. The van der Waals surface area contributed by atoms with E-state index in [1.165, 1.54) is 83.5 Å². The van der Waals surface area contributed by atoms with E-state index >= 15 is 0 Å². The molecular formula is C28H61N7O3. The van der Waals surface area contributed by atoms with Gasteiger partial charge in [0, 0.05) is 13.1 Å². The zero-order valence-corrected chi connectivity index (χ0v) is 24.3. The highest BCUT2D eigenvalue weighted by molar-refractivity contribution is 5.81. The summed E-state index contributed by atoms with van der Waals surface area (Å²) in [5, 5.41) is 20.7. The summed E-state index contributed by atoms with van der Waals surface area (Å²) in [5.41, 5.74) is 21.5. The van der Waals surface area contributed by atoms with Gasteiger partial charge in [-0.15, -0.1) is 0 Å². The average Bonchev–Trinajstić information content (AvgIpc) is 2.88. The van der Waals surface area contributed by atoms with Crippen LogP contribution in [0.1, 0.15) is 129 Å². The lowest BCUT2D eigenvalue weighted by atomic mass is 10.0. The number of hydrogen-bond acceptors (Lipinski definition) is 6. The Hall–Kier alpha value is -1.91. The minimum atomic E-state index is -1.00. The molecule has 0 aliphatic carbocycles. The van der Waals surface area contributed by atoms with Crippen molar-refractivity contribution in [3.8, 4) is 0 Å². The lowest BCUT2D eigenvalue weighted by molar-refractivity contribution is -0.138. The predicted octanol–water partition coefficient (Wildman–Crippen LogP) is 3.70. The van der Waals surface area contributed by atoms with Crippen molar-refractivity contribution in [1.29, 1.82) is 5.41 Å². The number of guanidine groups is 1. The third-order valence-electron chi connectivity index (χ3n) is 6.46. The Balaban J connectivity index is 0. The highest BCUT2D eigenvalue weighted by Gasteiger charge is 2.11. The fourth-order valence-electron chi connectivity index (χ4n) is 3.97. The van der Waals surface area contributed by atoms with Gasteiger partial charge in [0.2, 0.25) is 5.91 Å². The zero-order valence-electron chi connectivity index (χ0n) is 24.3. The molecule has 0 saturated carbocycles. The van der Waals surface area contributed by atoms with Crippen molar-refractivity contribution in [2.75, 3.05) is 19.6 Å². The second-order valence-corrected chi connectivity index (χ2v) is 10.2. The van der Waals surface area contributed by atoms with E-state index in [4.69, 9.17) is 33.5 Å². The van der Waals surface area contributed by atoms with Crippen LogP contribution < -0.4 is 33.6 Å². The molecule has 0 aliphatic heterocycles. The average molecular weight is 544 g/mol. The van der Waals surface area contributed by atoms with Gasteiger partial charge in [-0.05, 0) is 38.6 Å². The lowest BCUT2D eigenvalue weighted by Gasteiger charge is -2.11. The van der Waals surface area contributed by atoms with Crippen LogP contribution in [0.2, 0.25) is 0 Å². The minimum absolute atomic E-state index is 0.00304. The van der Waals surface area contributed by atoms with Crippen LogP contribution in [-0.2, 0) is 9.59 Å². The van der Waals surface area contributed by atoms with Crippen LogP contribution in [0, 0.1) is 5.41 Å². The monoisotopic (exact) mass is 543 g/mol. The van der Waals surface area contributed by atoms with Crippen molar-refractivity contribution < 1.29 is 14.7 Å². The van der Waals surface area contributed by atoms with Gasteiger partial charge in [-0.2, -0.15) is 0 Å². The van der Waals surface area contributed by atoms with Crippen LogP contribution in [0.15, 0.2) is 0 Å². The molecule has 0 heterocycles. The van der Waals surface area contributed by atoms with E-state index in [1.54, 1.807) is 0 Å². The van der Waals surface area contributed by atoms with Crippen molar-refractivity contribution in [1.82, 2.24) is 10.6 Å². The number of aliphatic carboxylic acids is 1. The molecule has 0 aliphatic rings. The zero-order chi connectivity index (χ0) is 28.9. The Morgan fingerprint density at radius 2 is 1.13 bits per heavy atom. The first-order valence-corrected chi connectivity index (χ1v) is 15.1. The first kappa shape index (κ1) is 38.2. The quantitative estimate of drug-likeness (QED) is 0.0482. The van der Waals surface area contributed by atoms with Crippen molar-refractivity contribution in [2.24, 2.45) is 22.9 Å². The molecule has 0 aromatic carbocycles. The van der Waals surface area contributed by atoms with Crippen molar-refractivity contribution in [3.05, 3.63) is 0 Å². The smallest absolute Gasteiger partial charge is 0.320 e. The molecule has 1 amide bonds. The van der Waals surface area contributed by atoms with Gasteiger partial charge in [0.15, 0.2) is 5.96 Å². The number of nitrogens with two attached hydrogens (primary N) is 4. The number of amides is 1. The van der Waals surface area contributed by atoms with Gasteiger partial charge < -0.3 is 38.7 Å². The summed E-state index contributed by atoms with van der Waals surface area (Å²) >= 11 is 0. The van der Waals surface area contributed by atoms with Crippen LogP contribution in [0.3, 0.4) is 0 Å². The number of rotatable bonds is 25. The largest absolute Gasteiger partial charge is 0.480 e. The molecule has 0 saturated heterocycles. The highest BCUT2D eigenvalue weighted by atomic mass is 16.4. The molecule has 1 unspecified atom stereocenters. The molecule has 0 aromatic heterocycles. The van der Waals surface area contributed by atoms with E-state index in [1.807, 2.05) is 0 Å². The van der Waals surface area contributed by atoms with Crippen LogP contribution in [0.25, 0.3) is 0 Å². The van der Waals surface area contributed by atoms with E-state index in [2.05, 4.69) is 17.6 Å². The van der Waals surface area contributed by atoms with E-state index in [0.717, 1.165) is 32.2 Å². The molecule has 10 nitrogen and oxygen atoms in total. The molecule has 12 N–H and O–H groups in total. The van der Waals surface area contributed by atoms with Crippen LogP contribution in [0.4, 0.5) is 0 Å².